The van der Waals surface area contributed by atoms with E-state index in [1.165, 1.54) is 48.3 Å². The van der Waals surface area contributed by atoms with Crippen molar-refractivity contribution in [1.82, 2.24) is 4.90 Å². The second-order valence-electron chi connectivity index (χ2n) is 7.42. The second kappa shape index (κ2) is 6.65. The third kappa shape index (κ3) is 3.25. The number of alkyl halides is 2. The van der Waals surface area contributed by atoms with Crippen LogP contribution in [0.4, 0.5) is 13.2 Å². The number of hydrogen-bond donors (Lipinski definition) is 1. The number of nitrogens with zero attached hydrogens (tertiary/aromatic N) is 2. The van der Waals surface area contributed by atoms with E-state index in [0.29, 0.717) is 16.7 Å². The fourth-order valence-electron chi connectivity index (χ4n) is 3.77. The summed E-state index contributed by atoms with van der Waals surface area (Å²) >= 11 is 0. The summed E-state index contributed by atoms with van der Waals surface area (Å²) in [7, 11) is 1.51. The van der Waals surface area contributed by atoms with Gasteiger partial charge in [-0.3, -0.25) is 9.69 Å². The number of benzene rings is 2. The molecule has 1 heterocycles. The third-order valence-corrected chi connectivity index (χ3v) is 5.31. The molecule has 0 fully saturated rings. The molecule has 4 nitrogen and oxygen atoms in total. The van der Waals surface area contributed by atoms with Crippen molar-refractivity contribution in [3.63, 3.8) is 0 Å². The number of likely N-dealkylation sites (N-methyl/N-ethyl adjacent to an activating group) is 1. The van der Waals surface area contributed by atoms with E-state index in [1.54, 1.807) is 19.9 Å². The number of aliphatic imine (C=N–C) groups is 1. The molecular formula is C21H22F3N3O. The fourth-order valence-corrected chi connectivity index (χ4v) is 3.77. The van der Waals surface area contributed by atoms with Gasteiger partial charge in [0.05, 0.1) is 5.92 Å². The van der Waals surface area contributed by atoms with Crippen LogP contribution in [-0.4, -0.2) is 23.8 Å². The predicted molar refractivity (Wildman–Crippen MR) is 102 cm³/mol. The molecule has 0 saturated heterocycles. The van der Waals surface area contributed by atoms with E-state index < -0.39 is 23.2 Å². The molecule has 1 amide bonds. The summed E-state index contributed by atoms with van der Waals surface area (Å²) in [5, 5.41) is 0. The minimum Gasteiger partial charge on any atom is -0.369 e. The van der Waals surface area contributed by atoms with Gasteiger partial charge in [0.2, 0.25) is 5.91 Å². The number of amides is 1. The molecule has 0 aliphatic carbocycles. The maximum absolute atomic E-state index is 13.6. The van der Waals surface area contributed by atoms with Crippen LogP contribution in [0, 0.1) is 12.7 Å². The van der Waals surface area contributed by atoms with Crippen molar-refractivity contribution in [1.29, 1.82) is 0 Å². The summed E-state index contributed by atoms with van der Waals surface area (Å²) in [5.74, 6) is -4.44. The van der Waals surface area contributed by atoms with Crippen molar-refractivity contribution in [3.05, 3.63) is 70.5 Å². The molecule has 0 unspecified atom stereocenters. The highest BCUT2D eigenvalue weighted by Crippen LogP contribution is 2.45. The molecule has 2 atom stereocenters. The number of aryl methyl sites for hydroxylation is 1. The van der Waals surface area contributed by atoms with Crippen molar-refractivity contribution < 1.29 is 18.0 Å². The maximum atomic E-state index is 13.6. The van der Waals surface area contributed by atoms with E-state index in [-0.39, 0.29) is 17.4 Å². The summed E-state index contributed by atoms with van der Waals surface area (Å²) < 4.78 is 40.8. The molecule has 0 radical (unpaired) electrons. The van der Waals surface area contributed by atoms with Crippen LogP contribution in [0.2, 0.25) is 0 Å². The molecule has 2 aromatic rings. The van der Waals surface area contributed by atoms with E-state index in [2.05, 4.69) is 4.99 Å². The Bertz CT molecular complexity index is 950. The van der Waals surface area contributed by atoms with Crippen LogP contribution < -0.4 is 5.73 Å². The summed E-state index contributed by atoms with van der Waals surface area (Å²) in [6, 6.07) is 9.90. The Balaban J connectivity index is 2.19. The molecule has 2 N–H and O–H groups in total. The Morgan fingerprint density at radius 1 is 1.18 bits per heavy atom. The zero-order valence-electron chi connectivity index (χ0n) is 16.1. The predicted octanol–water partition coefficient (Wildman–Crippen LogP) is 4.03. The first-order valence-electron chi connectivity index (χ1n) is 8.83. The molecular weight excluding hydrogens is 367 g/mol. The van der Waals surface area contributed by atoms with E-state index >= 15 is 0 Å². The Morgan fingerprint density at radius 2 is 1.79 bits per heavy atom. The largest absolute Gasteiger partial charge is 0.369 e. The highest BCUT2D eigenvalue weighted by molar-refractivity contribution is 6.02. The van der Waals surface area contributed by atoms with Gasteiger partial charge in [-0.1, -0.05) is 30.3 Å². The number of carbonyl (C=O) groups is 1. The molecule has 0 spiro atoms. The quantitative estimate of drug-likeness (QED) is 0.862. The van der Waals surface area contributed by atoms with Crippen LogP contribution in [0.3, 0.4) is 0 Å². The highest BCUT2D eigenvalue weighted by Gasteiger charge is 2.47. The normalized spacial score (nSPS) is 23.0. The van der Waals surface area contributed by atoms with E-state index in [0.717, 1.165) is 6.92 Å². The molecule has 148 valence electrons. The standard InChI is InChI=1S/C21H22F3N3O/c1-12-11-15(22)9-10-16(12)20(2)17(18(28)27(4)19(25)26-20)13-5-7-14(8-6-13)21(3,23)24/h5-11,17H,1-4H3,(H2,25,26)/t17-,20-/m1/s1. The number of halogens is 3. The zero-order chi connectivity index (χ0) is 20.9. The van der Waals surface area contributed by atoms with Crippen molar-refractivity contribution in [2.24, 2.45) is 10.7 Å². The molecule has 0 bridgehead atoms. The second-order valence-corrected chi connectivity index (χ2v) is 7.42. The lowest BCUT2D eigenvalue weighted by atomic mass is 9.73. The molecule has 0 saturated carbocycles. The van der Waals surface area contributed by atoms with Gasteiger partial charge >= 0.3 is 0 Å². The molecule has 1 aliphatic heterocycles. The minimum atomic E-state index is -2.98. The summed E-state index contributed by atoms with van der Waals surface area (Å²) in [6.07, 6.45) is 0. The first-order chi connectivity index (χ1) is 12.9. The zero-order valence-corrected chi connectivity index (χ0v) is 16.1. The molecule has 3 rings (SSSR count). The summed E-state index contributed by atoms with van der Waals surface area (Å²) in [6.45, 7) is 4.30. The Morgan fingerprint density at radius 3 is 2.32 bits per heavy atom. The lowest BCUT2D eigenvalue weighted by Crippen LogP contribution is -2.52. The lowest BCUT2D eigenvalue weighted by molar-refractivity contribution is -0.130. The van der Waals surface area contributed by atoms with Gasteiger partial charge in [0.15, 0.2) is 5.96 Å². The lowest BCUT2D eigenvalue weighted by Gasteiger charge is -2.41. The van der Waals surface area contributed by atoms with Gasteiger partial charge < -0.3 is 5.73 Å². The average Bonchev–Trinajstić information content (AvgIpc) is 2.59. The molecule has 1 aliphatic rings. The summed E-state index contributed by atoms with van der Waals surface area (Å²) in [4.78, 5) is 18.9. The minimum absolute atomic E-state index is 0.0455. The molecule has 7 heteroatoms. The van der Waals surface area contributed by atoms with Gasteiger partial charge in [-0.25, -0.2) is 18.2 Å². The average molecular weight is 389 g/mol. The van der Waals surface area contributed by atoms with E-state index in [1.807, 2.05) is 0 Å². The third-order valence-electron chi connectivity index (χ3n) is 5.31. The smallest absolute Gasteiger partial charge is 0.270 e. The van der Waals surface area contributed by atoms with Gasteiger partial charge in [0, 0.05) is 19.5 Å². The van der Waals surface area contributed by atoms with Gasteiger partial charge in [-0.15, -0.1) is 0 Å². The van der Waals surface area contributed by atoms with Gasteiger partial charge in [-0.2, -0.15) is 0 Å². The Labute approximate surface area is 161 Å². The van der Waals surface area contributed by atoms with Crippen LogP contribution in [0.15, 0.2) is 47.5 Å². The first-order valence-corrected chi connectivity index (χ1v) is 8.83. The van der Waals surface area contributed by atoms with E-state index in [4.69, 9.17) is 5.73 Å². The van der Waals surface area contributed by atoms with Crippen LogP contribution in [0.25, 0.3) is 0 Å². The number of guanidine groups is 1. The summed E-state index contributed by atoms with van der Waals surface area (Å²) in [5.41, 5.74) is 6.52. The number of hydrogen-bond acceptors (Lipinski definition) is 3. The topological polar surface area (TPSA) is 58.7 Å². The first kappa shape index (κ1) is 19.9. The Kier molecular flexibility index (Phi) is 4.73. The van der Waals surface area contributed by atoms with Gasteiger partial charge in [-0.05, 0) is 42.7 Å². The van der Waals surface area contributed by atoms with Crippen LogP contribution in [0.1, 0.15) is 42.0 Å². The van der Waals surface area contributed by atoms with Gasteiger partial charge in [0.1, 0.15) is 11.4 Å². The van der Waals surface area contributed by atoms with Crippen molar-refractivity contribution in [2.45, 2.75) is 38.2 Å². The van der Waals surface area contributed by atoms with Crippen LogP contribution in [-0.2, 0) is 16.3 Å². The van der Waals surface area contributed by atoms with Crippen LogP contribution >= 0.6 is 0 Å². The fraction of sp³-hybridized carbons (Fsp3) is 0.333. The number of nitrogens with two attached hydrogens (primary N) is 1. The van der Waals surface area contributed by atoms with Crippen molar-refractivity contribution >= 4 is 11.9 Å². The molecule has 2 aromatic carbocycles. The monoisotopic (exact) mass is 389 g/mol. The SMILES string of the molecule is Cc1cc(F)ccc1[C@@]1(C)N=C(N)N(C)C(=O)[C@H]1c1ccc(C(C)(F)F)cc1. The van der Waals surface area contributed by atoms with Crippen molar-refractivity contribution in [3.8, 4) is 0 Å². The number of carbonyl (C=O) groups excluding carboxylic acids is 1. The highest BCUT2D eigenvalue weighted by atomic mass is 19.3. The number of rotatable bonds is 3. The molecule has 0 aromatic heterocycles. The molecule has 28 heavy (non-hydrogen) atoms. The van der Waals surface area contributed by atoms with E-state index in [9.17, 15) is 18.0 Å². The Hall–Kier alpha value is -2.83. The van der Waals surface area contributed by atoms with Crippen molar-refractivity contribution in [2.75, 3.05) is 7.05 Å². The van der Waals surface area contributed by atoms with Gasteiger partial charge in [0.25, 0.3) is 5.92 Å². The maximum Gasteiger partial charge on any atom is 0.270 e. The van der Waals surface area contributed by atoms with Crippen LogP contribution in [0.5, 0.6) is 0 Å².